The maximum Gasteiger partial charge on any atom is 0.283 e. The van der Waals surface area contributed by atoms with Crippen molar-refractivity contribution in [1.82, 2.24) is 0 Å². The lowest BCUT2D eigenvalue weighted by Crippen LogP contribution is -2.32. The van der Waals surface area contributed by atoms with Crippen molar-refractivity contribution in [1.29, 1.82) is 0 Å². The van der Waals surface area contributed by atoms with E-state index < -0.39 is 11.8 Å². The van der Waals surface area contributed by atoms with E-state index in [-0.39, 0.29) is 10.7 Å². The monoisotopic (exact) mass is 342 g/mol. The number of hydrogen-bond acceptors (Lipinski definition) is 4. The number of amides is 2. The highest BCUT2D eigenvalue weighted by Gasteiger charge is 2.38. The number of hydrogen-bond donors (Lipinski definition) is 1. The minimum atomic E-state index is -0.554. The number of rotatable bonds is 4. The molecule has 5 nitrogen and oxygen atoms in total. The number of nitrogens with one attached hydrogen (secondary N) is 1. The quantitative estimate of drug-likeness (QED) is 0.865. The van der Waals surface area contributed by atoms with Gasteiger partial charge in [-0.15, -0.1) is 0 Å². The molecule has 1 heterocycles. The van der Waals surface area contributed by atoms with Crippen molar-refractivity contribution in [3.8, 4) is 5.75 Å². The number of anilines is 2. The van der Waals surface area contributed by atoms with Gasteiger partial charge in [-0.25, -0.2) is 4.90 Å². The summed E-state index contributed by atoms with van der Waals surface area (Å²) < 4.78 is 5.08. The molecule has 3 rings (SSSR count). The molecule has 1 N–H and O–H groups in total. The van der Waals surface area contributed by atoms with Crippen molar-refractivity contribution in [2.75, 3.05) is 17.3 Å². The van der Waals surface area contributed by atoms with Crippen LogP contribution < -0.4 is 15.0 Å². The van der Waals surface area contributed by atoms with Gasteiger partial charge in [0.1, 0.15) is 16.5 Å². The van der Waals surface area contributed by atoms with Gasteiger partial charge in [-0.1, -0.05) is 29.3 Å². The summed E-state index contributed by atoms with van der Waals surface area (Å²) in [5.74, 6) is -0.410. The lowest BCUT2D eigenvalue weighted by atomic mass is 10.2. The number of benzene rings is 2. The van der Waals surface area contributed by atoms with Crippen LogP contribution in [0.25, 0.3) is 0 Å². The summed E-state index contributed by atoms with van der Waals surface area (Å²) in [4.78, 5) is 26.0. The van der Waals surface area contributed by atoms with Crippen LogP contribution in [0, 0.1) is 6.92 Å². The van der Waals surface area contributed by atoms with Gasteiger partial charge in [0, 0.05) is 5.69 Å². The average Bonchev–Trinajstić information content (AvgIpc) is 2.80. The van der Waals surface area contributed by atoms with Gasteiger partial charge in [0.2, 0.25) is 0 Å². The largest absolute Gasteiger partial charge is 0.497 e. The van der Waals surface area contributed by atoms with E-state index in [4.69, 9.17) is 16.3 Å². The third kappa shape index (κ3) is 2.86. The molecule has 0 bridgehead atoms. The van der Waals surface area contributed by atoms with Gasteiger partial charge in [0.05, 0.1) is 12.8 Å². The van der Waals surface area contributed by atoms with E-state index in [1.807, 2.05) is 31.2 Å². The zero-order valence-electron chi connectivity index (χ0n) is 13.2. The summed E-state index contributed by atoms with van der Waals surface area (Å²) in [5.41, 5.74) is 2.28. The van der Waals surface area contributed by atoms with Crippen LogP contribution in [0.15, 0.2) is 59.3 Å². The zero-order valence-corrected chi connectivity index (χ0v) is 13.9. The topological polar surface area (TPSA) is 58.6 Å². The average molecular weight is 343 g/mol. The summed E-state index contributed by atoms with van der Waals surface area (Å²) in [6, 6.07) is 14.1. The van der Waals surface area contributed by atoms with Gasteiger partial charge in [-0.3, -0.25) is 9.59 Å². The zero-order chi connectivity index (χ0) is 17.3. The Morgan fingerprint density at radius 3 is 2.17 bits per heavy atom. The minimum absolute atomic E-state index is 0.0707. The van der Waals surface area contributed by atoms with Gasteiger partial charge < -0.3 is 10.1 Å². The highest BCUT2D eigenvalue weighted by atomic mass is 35.5. The maximum atomic E-state index is 12.6. The molecule has 1 aliphatic rings. The first kappa shape index (κ1) is 16.1. The smallest absolute Gasteiger partial charge is 0.283 e. The molecule has 0 radical (unpaired) electrons. The molecule has 0 spiro atoms. The first-order chi connectivity index (χ1) is 11.5. The van der Waals surface area contributed by atoms with E-state index in [1.54, 1.807) is 31.4 Å². The standard InChI is InChI=1S/C18H15ClN2O3/c1-11-3-5-12(6-4-11)20-16-15(19)17(22)21(18(16)23)13-7-9-14(24-2)10-8-13/h3-10,20H,1-2H3. The van der Waals surface area contributed by atoms with Crippen molar-refractivity contribution in [2.24, 2.45) is 0 Å². The lowest BCUT2D eigenvalue weighted by molar-refractivity contribution is -0.120. The molecule has 122 valence electrons. The molecular weight excluding hydrogens is 328 g/mol. The number of ether oxygens (including phenoxy) is 1. The molecule has 24 heavy (non-hydrogen) atoms. The summed E-state index contributed by atoms with van der Waals surface area (Å²) in [5, 5.41) is 2.80. The predicted molar refractivity (Wildman–Crippen MR) is 93.2 cm³/mol. The second-order valence-electron chi connectivity index (χ2n) is 5.32. The molecule has 0 aromatic heterocycles. The number of carbonyl (C=O) groups excluding carboxylic acids is 2. The van der Waals surface area contributed by atoms with E-state index in [2.05, 4.69) is 5.32 Å². The van der Waals surface area contributed by atoms with Crippen molar-refractivity contribution < 1.29 is 14.3 Å². The van der Waals surface area contributed by atoms with Gasteiger partial charge in [0.15, 0.2) is 0 Å². The van der Waals surface area contributed by atoms with Crippen molar-refractivity contribution in [3.05, 3.63) is 64.8 Å². The fourth-order valence-corrected chi connectivity index (χ4v) is 2.57. The fourth-order valence-electron chi connectivity index (χ4n) is 2.36. The van der Waals surface area contributed by atoms with Crippen LogP contribution >= 0.6 is 11.6 Å². The highest BCUT2D eigenvalue weighted by Crippen LogP contribution is 2.31. The molecule has 2 aromatic rings. The molecular formula is C18H15ClN2O3. The minimum Gasteiger partial charge on any atom is -0.497 e. The summed E-state index contributed by atoms with van der Waals surface area (Å²) in [6.07, 6.45) is 0. The van der Waals surface area contributed by atoms with E-state index in [0.29, 0.717) is 17.1 Å². The summed E-state index contributed by atoms with van der Waals surface area (Å²) >= 11 is 6.09. The number of nitrogens with zero attached hydrogens (tertiary/aromatic N) is 1. The van der Waals surface area contributed by atoms with Gasteiger partial charge in [-0.05, 0) is 43.3 Å². The Hall–Kier alpha value is -2.79. The SMILES string of the molecule is COc1ccc(N2C(=O)C(Cl)=C(Nc3ccc(C)cc3)C2=O)cc1. The Morgan fingerprint density at radius 1 is 0.958 bits per heavy atom. The van der Waals surface area contributed by atoms with Crippen LogP contribution in [0.1, 0.15) is 5.56 Å². The molecule has 0 atom stereocenters. The van der Waals surface area contributed by atoms with Crippen molar-refractivity contribution in [2.45, 2.75) is 6.92 Å². The molecule has 2 aromatic carbocycles. The van der Waals surface area contributed by atoms with E-state index in [0.717, 1.165) is 10.5 Å². The number of carbonyl (C=O) groups is 2. The predicted octanol–water partition coefficient (Wildman–Crippen LogP) is 3.44. The first-order valence-corrected chi connectivity index (χ1v) is 7.65. The molecule has 1 aliphatic heterocycles. The number of aryl methyl sites for hydroxylation is 1. The highest BCUT2D eigenvalue weighted by molar-refractivity contribution is 6.53. The Labute approximate surface area is 144 Å². The third-order valence-corrected chi connectivity index (χ3v) is 4.03. The molecule has 0 saturated carbocycles. The summed E-state index contributed by atoms with van der Waals surface area (Å²) in [7, 11) is 1.54. The Balaban J connectivity index is 1.87. The Bertz CT molecular complexity index is 826. The van der Waals surface area contributed by atoms with Crippen LogP contribution in [0.4, 0.5) is 11.4 Å². The third-order valence-electron chi connectivity index (χ3n) is 3.68. The Morgan fingerprint density at radius 2 is 1.58 bits per heavy atom. The van der Waals surface area contributed by atoms with Gasteiger partial charge >= 0.3 is 0 Å². The molecule has 0 unspecified atom stereocenters. The fraction of sp³-hybridized carbons (Fsp3) is 0.111. The second-order valence-corrected chi connectivity index (χ2v) is 5.70. The Kier molecular flexibility index (Phi) is 4.27. The van der Waals surface area contributed by atoms with Gasteiger partial charge in [0.25, 0.3) is 11.8 Å². The second kappa shape index (κ2) is 6.37. The van der Waals surface area contributed by atoms with Gasteiger partial charge in [-0.2, -0.15) is 0 Å². The van der Waals surface area contributed by atoms with Crippen LogP contribution in [-0.4, -0.2) is 18.9 Å². The van der Waals surface area contributed by atoms with Crippen molar-refractivity contribution in [3.63, 3.8) is 0 Å². The lowest BCUT2D eigenvalue weighted by Gasteiger charge is -2.15. The molecule has 0 fully saturated rings. The normalized spacial score (nSPS) is 14.4. The number of methoxy groups -OCH3 is 1. The molecule has 2 amide bonds. The van der Waals surface area contributed by atoms with E-state index >= 15 is 0 Å². The van der Waals surface area contributed by atoms with Crippen LogP contribution in [-0.2, 0) is 9.59 Å². The van der Waals surface area contributed by atoms with Crippen molar-refractivity contribution >= 4 is 34.8 Å². The molecule has 6 heteroatoms. The van der Waals surface area contributed by atoms with E-state index in [1.165, 1.54) is 0 Å². The number of halogens is 1. The molecule has 0 aliphatic carbocycles. The van der Waals surface area contributed by atoms with Crippen LogP contribution in [0.3, 0.4) is 0 Å². The van der Waals surface area contributed by atoms with E-state index in [9.17, 15) is 9.59 Å². The molecule has 0 saturated heterocycles. The summed E-state index contributed by atoms with van der Waals surface area (Å²) in [6.45, 7) is 1.96. The van der Waals surface area contributed by atoms with Crippen LogP contribution in [0.2, 0.25) is 0 Å². The maximum absolute atomic E-state index is 12.6. The van der Waals surface area contributed by atoms with Crippen LogP contribution in [0.5, 0.6) is 5.75 Å². The number of imide groups is 1. The first-order valence-electron chi connectivity index (χ1n) is 7.27.